The molecule has 0 spiro atoms. The van der Waals surface area contributed by atoms with E-state index in [-0.39, 0.29) is 63.1 Å². The van der Waals surface area contributed by atoms with Crippen molar-refractivity contribution in [2.75, 3.05) is 19.6 Å². The average molecular weight is 438 g/mol. The molecule has 1 aliphatic carbocycles. The summed E-state index contributed by atoms with van der Waals surface area (Å²) in [6.45, 7) is 7.74. The average Bonchev–Trinajstić information content (AvgIpc) is 2.52. The second kappa shape index (κ2) is 15.2. The Morgan fingerprint density at radius 3 is 2.07 bits per heavy atom. The second-order valence-corrected chi connectivity index (χ2v) is 2.77. The second-order valence-electron chi connectivity index (χ2n) is 2.77. The molecule has 1 aliphatic rings. The van der Waals surface area contributed by atoms with Gasteiger partial charge in [-0.05, 0) is 19.6 Å². The zero-order valence-corrected chi connectivity index (χ0v) is 15.2. The van der Waals surface area contributed by atoms with Crippen molar-refractivity contribution in [3.05, 3.63) is 23.8 Å². The summed E-state index contributed by atoms with van der Waals surface area (Å²) in [6, 6.07) is 0. The van der Waals surface area contributed by atoms with Gasteiger partial charge in [-0.2, -0.15) is 6.08 Å². The van der Waals surface area contributed by atoms with Crippen molar-refractivity contribution < 1.29 is 25.8 Å². The van der Waals surface area contributed by atoms with E-state index in [0.717, 1.165) is 26.1 Å². The summed E-state index contributed by atoms with van der Waals surface area (Å²) in [5.41, 5.74) is 1.36. The third-order valence-corrected chi connectivity index (χ3v) is 2.05. The quantitative estimate of drug-likeness (QED) is 0.482. The van der Waals surface area contributed by atoms with Gasteiger partial charge < -0.3 is 4.90 Å². The van der Waals surface area contributed by atoms with Crippen LogP contribution >= 0.6 is 37.2 Å². The summed E-state index contributed by atoms with van der Waals surface area (Å²) < 4.78 is 0. The molecule has 0 heterocycles. The van der Waals surface area contributed by atoms with Crippen LogP contribution in [0.1, 0.15) is 20.3 Å². The van der Waals surface area contributed by atoms with Crippen LogP contribution in [0.3, 0.4) is 0 Å². The number of hydrogen-bond donors (Lipinski definition) is 0. The molecule has 0 radical (unpaired) electrons. The molecular weight excluding hydrogens is 419 g/mol. The Kier molecular flexibility index (Phi) is 25.4. The zero-order chi connectivity index (χ0) is 8.10. The molecule has 0 bridgehead atoms. The van der Waals surface area contributed by atoms with Crippen molar-refractivity contribution >= 4 is 37.2 Å². The summed E-state index contributed by atoms with van der Waals surface area (Å²) >= 11 is 0. The molecule has 1 nitrogen and oxygen atoms in total. The standard InChI is InChI=1S/C10H16N.3ClH.Hf/c1-3-11(4-2)9-10-7-5-6-8-10;;;;/h5,7H,3-4,6,9H2,1-2H3;3*1H;/q-1;;;;. The first-order chi connectivity index (χ1) is 5.36. The van der Waals surface area contributed by atoms with Crippen LogP contribution in [0.5, 0.6) is 0 Å². The molecule has 0 aromatic rings. The van der Waals surface area contributed by atoms with Crippen LogP contribution in [0.15, 0.2) is 17.7 Å². The van der Waals surface area contributed by atoms with Gasteiger partial charge in [0.15, 0.2) is 0 Å². The van der Waals surface area contributed by atoms with Crippen LogP contribution in [0, 0.1) is 6.08 Å². The monoisotopic (exact) mass is 438 g/mol. The van der Waals surface area contributed by atoms with Gasteiger partial charge in [0, 0.05) is 25.8 Å². The summed E-state index contributed by atoms with van der Waals surface area (Å²) in [6.07, 6.45) is 8.67. The van der Waals surface area contributed by atoms with Gasteiger partial charge in [0.2, 0.25) is 0 Å². The molecule has 90 valence electrons. The zero-order valence-electron chi connectivity index (χ0n) is 9.16. The van der Waals surface area contributed by atoms with Crippen molar-refractivity contribution in [1.29, 1.82) is 0 Å². The van der Waals surface area contributed by atoms with E-state index < -0.39 is 0 Å². The minimum absolute atomic E-state index is 0. The summed E-state index contributed by atoms with van der Waals surface area (Å²) in [4.78, 5) is 2.40. The third kappa shape index (κ3) is 10.1. The van der Waals surface area contributed by atoms with Crippen molar-refractivity contribution in [1.82, 2.24) is 4.90 Å². The van der Waals surface area contributed by atoms with Gasteiger partial charge >= 0.3 is 0 Å². The van der Waals surface area contributed by atoms with Gasteiger partial charge in [-0.3, -0.25) is 6.08 Å². The fraction of sp³-hybridized carbons (Fsp3) is 0.600. The van der Waals surface area contributed by atoms with E-state index in [1.165, 1.54) is 5.57 Å². The van der Waals surface area contributed by atoms with Gasteiger partial charge in [-0.25, -0.2) is 11.6 Å². The first-order valence-electron chi connectivity index (χ1n) is 4.35. The number of allylic oxidation sites excluding steroid dienone is 2. The largest absolute Gasteiger partial charge is 0.303 e. The van der Waals surface area contributed by atoms with Crippen molar-refractivity contribution in [2.24, 2.45) is 0 Å². The van der Waals surface area contributed by atoms with Crippen molar-refractivity contribution in [3.8, 4) is 0 Å². The summed E-state index contributed by atoms with van der Waals surface area (Å²) in [7, 11) is 0. The maximum atomic E-state index is 3.32. The molecule has 15 heavy (non-hydrogen) atoms. The maximum Gasteiger partial charge on any atom is 0 e. The van der Waals surface area contributed by atoms with Gasteiger partial charge in [-0.15, -0.1) is 43.6 Å². The van der Waals surface area contributed by atoms with E-state index in [2.05, 4.69) is 37.0 Å². The molecule has 0 fully saturated rings. The number of hydrogen-bond acceptors (Lipinski definition) is 1. The fourth-order valence-electron chi connectivity index (χ4n) is 1.25. The van der Waals surface area contributed by atoms with E-state index in [0.29, 0.717) is 0 Å². The molecule has 5 heteroatoms. The van der Waals surface area contributed by atoms with E-state index in [1.54, 1.807) is 0 Å². The van der Waals surface area contributed by atoms with Crippen LogP contribution in [0.25, 0.3) is 0 Å². The number of rotatable bonds is 4. The van der Waals surface area contributed by atoms with Crippen LogP contribution < -0.4 is 0 Å². The van der Waals surface area contributed by atoms with Crippen LogP contribution in [-0.4, -0.2) is 24.5 Å². The molecule has 0 saturated carbocycles. The van der Waals surface area contributed by atoms with E-state index in [4.69, 9.17) is 0 Å². The molecule has 0 atom stereocenters. The van der Waals surface area contributed by atoms with E-state index >= 15 is 0 Å². The Bertz CT molecular complexity index is 180. The molecule has 0 amide bonds. The number of likely N-dealkylation sites (N-methyl/N-ethyl adjacent to an activating group) is 1. The van der Waals surface area contributed by atoms with Gasteiger partial charge in [0.25, 0.3) is 0 Å². The Balaban J connectivity index is -0.000000151. The topological polar surface area (TPSA) is 3.24 Å². The Morgan fingerprint density at radius 2 is 1.73 bits per heavy atom. The van der Waals surface area contributed by atoms with Crippen molar-refractivity contribution in [2.45, 2.75) is 20.3 Å². The Morgan fingerprint density at radius 1 is 1.20 bits per heavy atom. The number of halogens is 3. The van der Waals surface area contributed by atoms with Gasteiger partial charge in [-0.1, -0.05) is 13.8 Å². The molecule has 0 unspecified atom stereocenters. The van der Waals surface area contributed by atoms with Gasteiger partial charge in [0.05, 0.1) is 0 Å². The molecule has 1 rings (SSSR count). The SMILES string of the molecule is CCN(CC)CC1=[C-]CC=C1.Cl.Cl.Cl.[Hf]. The molecule has 0 N–H and O–H groups in total. The molecule has 0 aromatic heterocycles. The van der Waals surface area contributed by atoms with Crippen LogP contribution in [0.4, 0.5) is 0 Å². The van der Waals surface area contributed by atoms with Gasteiger partial charge in [0.1, 0.15) is 0 Å². The van der Waals surface area contributed by atoms with Crippen molar-refractivity contribution in [3.63, 3.8) is 0 Å². The first-order valence-corrected chi connectivity index (χ1v) is 4.35. The normalized spacial score (nSPS) is 11.8. The first kappa shape index (κ1) is 25.1. The molecular formula is C10H19Cl3HfN-. The Hall–Kier alpha value is 1.18. The summed E-state index contributed by atoms with van der Waals surface area (Å²) in [5, 5.41) is 0. The van der Waals surface area contributed by atoms with E-state index in [1.807, 2.05) is 0 Å². The van der Waals surface area contributed by atoms with Crippen LogP contribution in [-0.2, 0) is 25.8 Å². The minimum Gasteiger partial charge on any atom is -0.303 e. The maximum absolute atomic E-state index is 3.32. The summed E-state index contributed by atoms with van der Waals surface area (Å²) in [5.74, 6) is 0. The minimum atomic E-state index is 0. The predicted octanol–water partition coefficient (Wildman–Crippen LogP) is 3.28. The predicted molar refractivity (Wildman–Crippen MR) is 70.0 cm³/mol. The number of nitrogens with zero attached hydrogens (tertiary/aromatic N) is 1. The third-order valence-electron chi connectivity index (χ3n) is 2.05. The smallest absolute Gasteiger partial charge is 0 e. The molecule has 0 saturated heterocycles. The Labute approximate surface area is 131 Å². The van der Waals surface area contributed by atoms with Crippen LogP contribution in [0.2, 0.25) is 0 Å². The molecule has 0 aromatic carbocycles. The molecule has 0 aliphatic heterocycles. The van der Waals surface area contributed by atoms with E-state index in [9.17, 15) is 0 Å². The fourth-order valence-corrected chi connectivity index (χ4v) is 1.25.